The van der Waals surface area contributed by atoms with Gasteiger partial charge in [0.2, 0.25) is 10.0 Å². The van der Waals surface area contributed by atoms with E-state index in [0.29, 0.717) is 12.0 Å². The van der Waals surface area contributed by atoms with Gasteiger partial charge in [-0.15, -0.1) is 0 Å². The molecule has 7 nitrogen and oxygen atoms in total. The Bertz CT molecular complexity index is 989. The molecule has 9 heteroatoms. The minimum absolute atomic E-state index is 0.00463. The summed E-state index contributed by atoms with van der Waals surface area (Å²) in [6.07, 6.45) is 1.59. The minimum atomic E-state index is -3.87. The fraction of sp³-hybridized carbons (Fsp3) is 0.300. The Balaban J connectivity index is 2.14. The molecule has 0 saturated heterocycles. The minimum Gasteiger partial charge on any atom is -0.507 e. The van der Waals surface area contributed by atoms with E-state index < -0.39 is 22.0 Å². The van der Waals surface area contributed by atoms with Crippen molar-refractivity contribution < 1.29 is 18.3 Å². The molecule has 2 rings (SSSR count). The normalized spacial score (nSPS) is 13.0. The van der Waals surface area contributed by atoms with E-state index in [1.165, 1.54) is 24.4 Å². The smallest absolute Gasteiger partial charge is 0.258 e. The van der Waals surface area contributed by atoms with Gasteiger partial charge >= 0.3 is 0 Å². The average molecular weight is 482 g/mol. The van der Waals surface area contributed by atoms with Gasteiger partial charge in [0.1, 0.15) is 11.8 Å². The number of sulfonamides is 1. The number of benzene rings is 2. The van der Waals surface area contributed by atoms with E-state index in [1.807, 2.05) is 20.8 Å². The Kier molecular flexibility index (Phi) is 7.95. The second-order valence-corrected chi connectivity index (χ2v) is 9.68. The quantitative estimate of drug-likeness (QED) is 0.396. The zero-order chi connectivity index (χ0) is 21.6. The van der Waals surface area contributed by atoms with Crippen LogP contribution in [0.5, 0.6) is 5.75 Å². The molecule has 0 spiro atoms. The van der Waals surface area contributed by atoms with Gasteiger partial charge in [0.05, 0.1) is 11.1 Å². The molecule has 0 aliphatic carbocycles. The molecule has 0 bridgehead atoms. The monoisotopic (exact) mass is 481 g/mol. The van der Waals surface area contributed by atoms with Crippen molar-refractivity contribution in [2.75, 3.05) is 0 Å². The topological polar surface area (TPSA) is 108 Å². The zero-order valence-corrected chi connectivity index (χ0v) is 18.8. The molecule has 156 valence electrons. The molecule has 1 atom stereocenters. The first-order valence-corrected chi connectivity index (χ1v) is 11.3. The summed E-state index contributed by atoms with van der Waals surface area (Å²) < 4.78 is 28.5. The molecule has 0 heterocycles. The van der Waals surface area contributed by atoms with Crippen molar-refractivity contribution in [1.29, 1.82) is 0 Å². The number of carbonyl (C=O) groups excluding carboxylic acids is 1. The summed E-state index contributed by atoms with van der Waals surface area (Å²) in [6, 6.07) is 10.2. The Labute approximate surface area is 179 Å². The van der Waals surface area contributed by atoms with Gasteiger partial charge in [-0.1, -0.05) is 47.5 Å². The van der Waals surface area contributed by atoms with E-state index in [9.17, 15) is 18.3 Å². The fourth-order valence-electron chi connectivity index (χ4n) is 2.52. The summed E-state index contributed by atoms with van der Waals surface area (Å²) in [5, 5.41) is 13.7. The van der Waals surface area contributed by atoms with Crippen LogP contribution in [0.3, 0.4) is 0 Å². The molecule has 29 heavy (non-hydrogen) atoms. The van der Waals surface area contributed by atoms with E-state index in [-0.39, 0.29) is 16.6 Å². The number of halogens is 1. The number of amides is 1. The average Bonchev–Trinajstić information content (AvgIpc) is 2.63. The Hall–Kier alpha value is -2.23. The first-order valence-electron chi connectivity index (χ1n) is 8.99. The van der Waals surface area contributed by atoms with Gasteiger partial charge in [0.15, 0.2) is 0 Å². The molecular weight excluding hydrogens is 458 g/mol. The number of rotatable bonds is 8. The summed E-state index contributed by atoms with van der Waals surface area (Å²) in [4.78, 5) is 12.7. The first kappa shape index (κ1) is 23.1. The van der Waals surface area contributed by atoms with Crippen LogP contribution >= 0.6 is 15.9 Å². The van der Waals surface area contributed by atoms with E-state index in [4.69, 9.17) is 0 Å². The number of phenolic OH excluding ortho intramolecular Hbond substituents is 1. The zero-order valence-electron chi connectivity index (χ0n) is 16.4. The third-order valence-corrected chi connectivity index (χ3v) is 6.00. The van der Waals surface area contributed by atoms with Crippen molar-refractivity contribution in [1.82, 2.24) is 10.1 Å². The highest BCUT2D eigenvalue weighted by Crippen LogP contribution is 2.20. The molecule has 0 fully saturated rings. The van der Waals surface area contributed by atoms with Crippen molar-refractivity contribution in [3.05, 3.63) is 58.1 Å². The van der Waals surface area contributed by atoms with Crippen LogP contribution in [0.2, 0.25) is 0 Å². The van der Waals surface area contributed by atoms with E-state index in [1.54, 1.807) is 24.3 Å². The molecule has 0 aliphatic rings. The molecule has 0 radical (unpaired) electrons. The lowest BCUT2D eigenvalue weighted by Gasteiger charge is -2.19. The second kappa shape index (κ2) is 10.00. The van der Waals surface area contributed by atoms with Crippen molar-refractivity contribution in [3.8, 4) is 5.75 Å². The predicted octanol–water partition coefficient (Wildman–Crippen LogP) is 3.31. The van der Waals surface area contributed by atoms with Crippen LogP contribution in [0.25, 0.3) is 0 Å². The van der Waals surface area contributed by atoms with Crippen LogP contribution in [-0.4, -0.2) is 31.7 Å². The molecule has 1 amide bonds. The fourth-order valence-corrected chi connectivity index (χ4v) is 4.11. The molecule has 0 unspecified atom stereocenters. The maximum atomic E-state index is 12.6. The van der Waals surface area contributed by atoms with Gasteiger partial charge in [-0.3, -0.25) is 4.79 Å². The highest BCUT2D eigenvalue weighted by molar-refractivity contribution is 9.10. The molecule has 3 N–H and O–H groups in total. The lowest BCUT2D eigenvalue weighted by molar-refractivity contribution is -0.123. The number of hydrogen-bond donors (Lipinski definition) is 3. The highest BCUT2D eigenvalue weighted by Gasteiger charge is 2.26. The molecular formula is C20H24BrN3O4S. The largest absolute Gasteiger partial charge is 0.507 e. The highest BCUT2D eigenvalue weighted by atomic mass is 79.9. The SMILES string of the molecule is Cc1ccc(S(=O)(=O)N[C@H](CC(C)C)C(=O)N/N=C\c2cc(Br)ccc2O)cc1. The number of nitrogens with zero attached hydrogens (tertiary/aromatic N) is 1. The lowest BCUT2D eigenvalue weighted by Crippen LogP contribution is -2.46. The maximum Gasteiger partial charge on any atom is 0.258 e. The predicted molar refractivity (Wildman–Crippen MR) is 116 cm³/mol. The number of hydrogen-bond acceptors (Lipinski definition) is 5. The summed E-state index contributed by atoms with van der Waals surface area (Å²) in [6.45, 7) is 5.65. The van der Waals surface area contributed by atoms with Crippen LogP contribution in [-0.2, 0) is 14.8 Å². The van der Waals surface area contributed by atoms with Gasteiger partial charge in [-0.2, -0.15) is 9.82 Å². The van der Waals surface area contributed by atoms with Crippen molar-refractivity contribution in [2.45, 2.75) is 38.1 Å². The molecule has 2 aromatic carbocycles. The van der Waals surface area contributed by atoms with Gasteiger partial charge in [-0.05, 0) is 49.6 Å². The lowest BCUT2D eigenvalue weighted by atomic mass is 10.0. The first-order chi connectivity index (χ1) is 13.6. The summed E-state index contributed by atoms with van der Waals surface area (Å²) >= 11 is 3.29. The number of carbonyl (C=O) groups is 1. The van der Waals surface area contributed by atoms with Crippen molar-refractivity contribution >= 4 is 38.1 Å². The third kappa shape index (κ3) is 6.95. The van der Waals surface area contributed by atoms with Gasteiger partial charge in [-0.25, -0.2) is 13.8 Å². The van der Waals surface area contributed by atoms with Crippen LogP contribution < -0.4 is 10.1 Å². The number of aryl methyl sites for hydroxylation is 1. The van der Waals surface area contributed by atoms with Gasteiger partial charge < -0.3 is 5.11 Å². The summed E-state index contributed by atoms with van der Waals surface area (Å²) in [7, 11) is -3.87. The van der Waals surface area contributed by atoms with Crippen molar-refractivity contribution in [2.24, 2.45) is 11.0 Å². The Morgan fingerprint density at radius 1 is 1.21 bits per heavy atom. The molecule has 2 aromatic rings. The van der Waals surface area contributed by atoms with Crippen LogP contribution in [0, 0.1) is 12.8 Å². The van der Waals surface area contributed by atoms with Gasteiger partial charge in [0, 0.05) is 10.0 Å². The van der Waals surface area contributed by atoms with Crippen molar-refractivity contribution in [3.63, 3.8) is 0 Å². The Morgan fingerprint density at radius 2 is 1.86 bits per heavy atom. The molecule has 0 aliphatic heterocycles. The standard InChI is InChI=1S/C20H24BrN3O4S/c1-13(2)10-18(24-29(27,28)17-7-4-14(3)5-8-17)20(26)23-22-12-15-11-16(21)6-9-19(15)25/h4-9,11-13,18,24-25H,10H2,1-3H3,(H,23,26)/b22-12-/t18-/m1/s1. The van der Waals surface area contributed by atoms with E-state index in [0.717, 1.165) is 10.0 Å². The Morgan fingerprint density at radius 3 is 2.48 bits per heavy atom. The van der Waals surface area contributed by atoms with E-state index in [2.05, 4.69) is 31.2 Å². The number of phenols is 1. The van der Waals surface area contributed by atoms with Crippen LogP contribution in [0.15, 0.2) is 56.9 Å². The number of nitrogens with one attached hydrogen (secondary N) is 2. The second-order valence-electron chi connectivity index (χ2n) is 7.05. The van der Waals surface area contributed by atoms with E-state index >= 15 is 0 Å². The maximum absolute atomic E-state index is 12.6. The number of aromatic hydroxyl groups is 1. The summed E-state index contributed by atoms with van der Waals surface area (Å²) in [5.41, 5.74) is 3.68. The van der Waals surface area contributed by atoms with Crippen LogP contribution in [0.4, 0.5) is 0 Å². The number of hydrazone groups is 1. The molecule has 0 aromatic heterocycles. The summed E-state index contributed by atoms with van der Waals surface area (Å²) in [5.74, 6) is -0.505. The molecule has 0 saturated carbocycles. The van der Waals surface area contributed by atoms with Gasteiger partial charge in [0.25, 0.3) is 5.91 Å². The third-order valence-electron chi connectivity index (χ3n) is 4.02. The van der Waals surface area contributed by atoms with Crippen LogP contribution in [0.1, 0.15) is 31.4 Å².